The molecule has 0 saturated heterocycles. The quantitative estimate of drug-likeness (QED) is 0.483. The fourth-order valence-electron chi connectivity index (χ4n) is 9.57. The first-order valence-electron chi connectivity index (χ1n) is 13.6. The zero-order valence-electron chi connectivity index (χ0n) is 20.8. The summed E-state index contributed by atoms with van der Waals surface area (Å²) in [5.74, 6) is 4.63. The SMILES string of the molecule is CC(C)CCC[C@@H](C)[C@H]1CC[C@H]2[C@@H]3CC=C4C5(CC5)C(=O)CC[C@]4(C)[C@H]3CC(O)[C@]12C. The van der Waals surface area contributed by atoms with E-state index in [0.29, 0.717) is 35.4 Å². The van der Waals surface area contributed by atoms with Crippen LogP contribution in [-0.4, -0.2) is 17.0 Å². The molecular weight excluding hydrogens is 380 g/mol. The Balaban J connectivity index is 1.40. The van der Waals surface area contributed by atoms with Gasteiger partial charge in [0.1, 0.15) is 5.78 Å². The summed E-state index contributed by atoms with van der Waals surface area (Å²) in [7, 11) is 0. The van der Waals surface area contributed by atoms with Crippen LogP contribution in [0.1, 0.15) is 105 Å². The van der Waals surface area contributed by atoms with E-state index in [9.17, 15) is 9.90 Å². The number of carbonyl (C=O) groups is 1. The van der Waals surface area contributed by atoms with Gasteiger partial charge in [-0.25, -0.2) is 0 Å². The molecule has 5 rings (SSSR count). The second kappa shape index (κ2) is 7.44. The van der Waals surface area contributed by atoms with Crippen molar-refractivity contribution < 1.29 is 9.90 Å². The smallest absolute Gasteiger partial charge is 0.143 e. The highest BCUT2D eigenvalue weighted by Crippen LogP contribution is 2.72. The van der Waals surface area contributed by atoms with Gasteiger partial charge in [-0.1, -0.05) is 65.5 Å². The largest absolute Gasteiger partial charge is 0.393 e. The molecule has 4 saturated carbocycles. The summed E-state index contributed by atoms with van der Waals surface area (Å²) < 4.78 is 0. The van der Waals surface area contributed by atoms with Crippen molar-refractivity contribution in [3.63, 3.8) is 0 Å². The summed E-state index contributed by atoms with van der Waals surface area (Å²) in [6, 6.07) is 0. The van der Waals surface area contributed by atoms with Gasteiger partial charge in [0.05, 0.1) is 11.5 Å². The van der Waals surface area contributed by atoms with E-state index >= 15 is 0 Å². The third kappa shape index (κ3) is 3.09. The Kier molecular flexibility index (Phi) is 5.32. The first-order chi connectivity index (χ1) is 14.6. The number of Topliss-reactive ketones (excluding diaryl/α,β-unsaturated/α-hetero) is 1. The fraction of sp³-hybridized carbons (Fsp3) is 0.897. The number of ketones is 1. The lowest BCUT2D eigenvalue weighted by molar-refractivity contribution is -0.142. The van der Waals surface area contributed by atoms with Crippen LogP contribution < -0.4 is 0 Å². The van der Waals surface area contributed by atoms with Crippen LogP contribution in [0.15, 0.2) is 11.6 Å². The zero-order valence-corrected chi connectivity index (χ0v) is 20.8. The van der Waals surface area contributed by atoms with Gasteiger partial charge in [-0.2, -0.15) is 0 Å². The highest BCUT2D eigenvalue weighted by molar-refractivity contribution is 5.92. The summed E-state index contributed by atoms with van der Waals surface area (Å²) >= 11 is 0. The summed E-state index contributed by atoms with van der Waals surface area (Å²) in [6.45, 7) is 12.1. The van der Waals surface area contributed by atoms with Crippen molar-refractivity contribution in [3.05, 3.63) is 11.6 Å². The number of hydrogen-bond donors (Lipinski definition) is 1. The van der Waals surface area contributed by atoms with Crippen molar-refractivity contribution in [2.24, 2.45) is 51.8 Å². The molecule has 4 fully saturated rings. The molecule has 1 N–H and O–H groups in total. The minimum atomic E-state index is -0.178. The maximum absolute atomic E-state index is 12.8. The fourth-order valence-corrected chi connectivity index (χ4v) is 9.57. The third-order valence-corrected chi connectivity index (χ3v) is 11.4. The second-order valence-electron chi connectivity index (χ2n) is 13.3. The molecular formula is C29H46O2. The van der Waals surface area contributed by atoms with Crippen LogP contribution in [0.3, 0.4) is 0 Å². The van der Waals surface area contributed by atoms with Crippen molar-refractivity contribution in [1.29, 1.82) is 0 Å². The van der Waals surface area contributed by atoms with E-state index in [0.717, 1.165) is 44.4 Å². The molecule has 1 spiro atoms. The van der Waals surface area contributed by atoms with Crippen LogP contribution in [0, 0.1) is 51.8 Å². The van der Waals surface area contributed by atoms with Gasteiger partial charge < -0.3 is 5.11 Å². The second-order valence-corrected chi connectivity index (χ2v) is 13.3. The number of rotatable bonds is 5. The normalized spacial score (nSPS) is 46.4. The van der Waals surface area contributed by atoms with Crippen molar-refractivity contribution in [1.82, 2.24) is 0 Å². The lowest BCUT2D eigenvalue weighted by atomic mass is 9.44. The van der Waals surface area contributed by atoms with Crippen molar-refractivity contribution in [3.8, 4) is 0 Å². The minimum absolute atomic E-state index is 0.0766. The molecule has 0 aliphatic heterocycles. The molecule has 8 atom stereocenters. The average Bonchev–Trinajstić information content (AvgIpc) is 3.42. The molecule has 0 heterocycles. The molecule has 2 heteroatoms. The molecule has 0 aromatic heterocycles. The molecule has 0 aromatic rings. The number of aliphatic hydroxyl groups excluding tert-OH is 1. The zero-order chi connectivity index (χ0) is 22.2. The summed E-state index contributed by atoms with van der Waals surface area (Å²) in [4.78, 5) is 12.8. The number of allylic oxidation sites excluding steroid dienone is 2. The third-order valence-electron chi connectivity index (χ3n) is 11.4. The van der Waals surface area contributed by atoms with Crippen LogP contribution in [-0.2, 0) is 4.79 Å². The molecule has 5 aliphatic rings. The summed E-state index contributed by atoms with van der Waals surface area (Å²) in [5.41, 5.74) is 1.66. The van der Waals surface area contributed by atoms with E-state index in [1.54, 1.807) is 0 Å². The molecule has 31 heavy (non-hydrogen) atoms. The van der Waals surface area contributed by atoms with Gasteiger partial charge >= 0.3 is 0 Å². The first kappa shape index (κ1) is 22.2. The van der Waals surface area contributed by atoms with E-state index in [1.165, 1.54) is 37.7 Å². The van der Waals surface area contributed by atoms with E-state index in [-0.39, 0.29) is 22.3 Å². The Hall–Kier alpha value is -0.630. The van der Waals surface area contributed by atoms with Gasteiger partial charge in [0.25, 0.3) is 0 Å². The molecule has 1 unspecified atom stereocenters. The highest BCUT2D eigenvalue weighted by atomic mass is 16.3. The number of aliphatic hydroxyl groups is 1. The maximum Gasteiger partial charge on any atom is 0.143 e. The Morgan fingerprint density at radius 1 is 1.06 bits per heavy atom. The molecule has 174 valence electrons. The van der Waals surface area contributed by atoms with Gasteiger partial charge in [0, 0.05) is 6.42 Å². The summed E-state index contributed by atoms with van der Waals surface area (Å²) in [5, 5.41) is 11.7. The summed E-state index contributed by atoms with van der Waals surface area (Å²) in [6.07, 6.45) is 15.0. The predicted octanol–water partition coefficient (Wildman–Crippen LogP) is 6.96. The van der Waals surface area contributed by atoms with Crippen LogP contribution in [0.5, 0.6) is 0 Å². The number of hydrogen-bond acceptors (Lipinski definition) is 2. The van der Waals surface area contributed by atoms with Crippen molar-refractivity contribution in [2.45, 2.75) is 111 Å². The standard InChI is InChI=1S/C29H46O2/c1-18(2)7-6-8-19(3)21-10-11-22-20-9-12-24-27(4,14-13-25(30)29(24)15-16-29)23(20)17-26(31)28(21,22)5/h12,18-23,26,31H,6-11,13-17H2,1-5H3/t19-,20+,21-,22+,23+,26?,27-,28-/m1/s1. The van der Waals surface area contributed by atoms with E-state index in [2.05, 4.69) is 40.7 Å². The van der Waals surface area contributed by atoms with Crippen LogP contribution in [0.25, 0.3) is 0 Å². The van der Waals surface area contributed by atoms with Gasteiger partial charge in [-0.05, 0) is 91.3 Å². The Morgan fingerprint density at radius 2 is 1.81 bits per heavy atom. The predicted molar refractivity (Wildman–Crippen MR) is 126 cm³/mol. The minimum Gasteiger partial charge on any atom is -0.393 e. The molecule has 0 bridgehead atoms. The Labute approximate surface area is 190 Å². The molecule has 5 aliphatic carbocycles. The maximum atomic E-state index is 12.8. The molecule has 2 nitrogen and oxygen atoms in total. The van der Waals surface area contributed by atoms with Gasteiger partial charge in [-0.15, -0.1) is 0 Å². The average molecular weight is 427 g/mol. The van der Waals surface area contributed by atoms with E-state index < -0.39 is 0 Å². The lowest BCUT2D eigenvalue weighted by Crippen LogP contribution is -2.57. The van der Waals surface area contributed by atoms with E-state index in [1.807, 2.05) is 0 Å². The Bertz CT molecular complexity index is 761. The molecule has 0 radical (unpaired) electrons. The molecule has 0 aromatic carbocycles. The first-order valence-corrected chi connectivity index (χ1v) is 13.6. The molecule has 0 amide bonds. The monoisotopic (exact) mass is 426 g/mol. The highest BCUT2D eigenvalue weighted by Gasteiger charge is 2.67. The van der Waals surface area contributed by atoms with Crippen LogP contribution in [0.2, 0.25) is 0 Å². The van der Waals surface area contributed by atoms with Gasteiger partial charge in [0.15, 0.2) is 0 Å². The van der Waals surface area contributed by atoms with Crippen molar-refractivity contribution in [2.75, 3.05) is 0 Å². The van der Waals surface area contributed by atoms with E-state index in [4.69, 9.17) is 0 Å². The lowest BCUT2D eigenvalue weighted by Gasteiger charge is -2.60. The van der Waals surface area contributed by atoms with Crippen LogP contribution >= 0.6 is 0 Å². The number of fused-ring (bicyclic) bond motifs is 6. The topological polar surface area (TPSA) is 37.3 Å². The van der Waals surface area contributed by atoms with Crippen LogP contribution in [0.4, 0.5) is 0 Å². The van der Waals surface area contributed by atoms with Gasteiger partial charge in [0.2, 0.25) is 0 Å². The number of carbonyl (C=O) groups excluding carboxylic acids is 1. The van der Waals surface area contributed by atoms with Crippen molar-refractivity contribution >= 4 is 5.78 Å². The van der Waals surface area contributed by atoms with Gasteiger partial charge in [-0.3, -0.25) is 4.79 Å². The Morgan fingerprint density at radius 3 is 2.48 bits per heavy atom.